The zero-order chi connectivity index (χ0) is 48.5. The van der Waals surface area contributed by atoms with Gasteiger partial charge in [-0.25, -0.2) is 0 Å². The summed E-state index contributed by atoms with van der Waals surface area (Å²) in [7, 11) is 0. The third-order valence-corrected chi connectivity index (χ3v) is 17.3. The SMILES string of the molecule is CCC(C)(CC)c1cccc(C(C)(CC)CC)c1-c1ccc(-n2c3[n+]4c5c(cccc52)-c2cc(-c5ccccc5)cc5c2C4(Oc2ccccc2-3)[n+]2ccc(-c3ccc(C(C)(C)C)cc3)cc2-5)c(C)c1. The van der Waals surface area contributed by atoms with Crippen LogP contribution < -0.4 is 13.9 Å². The van der Waals surface area contributed by atoms with Crippen LogP contribution in [0.5, 0.6) is 5.75 Å². The summed E-state index contributed by atoms with van der Waals surface area (Å²) in [6.45, 7) is 23.5. The lowest BCUT2D eigenvalue weighted by Gasteiger charge is -2.36. The predicted molar refractivity (Wildman–Crippen MR) is 289 cm³/mol. The summed E-state index contributed by atoms with van der Waals surface area (Å²) in [5, 5.41) is 0. The molecule has 2 aromatic heterocycles. The number of rotatable bonds is 10. The average molecular weight is 916 g/mol. The van der Waals surface area contributed by atoms with Crippen molar-refractivity contribution >= 4 is 11.0 Å². The number of aromatic nitrogens is 3. The smallest absolute Gasteiger partial charge is 0.392 e. The molecule has 0 saturated heterocycles. The number of nitrogens with zero attached hydrogens (tertiary/aromatic N) is 3. The minimum Gasteiger partial charge on any atom is -0.392 e. The lowest BCUT2D eigenvalue weighted by atomic mass is 9.68. The van der Waals surface area contributed by atoms with Gasteiger partial charge in [-0.15, -0.1) is 9.13 Å². The molecule has 0 N–H and O–H groups in total. The van der Waals surface area contributed by atoms with Gasteiger partial charge in [-0.05, 0) is 153 Å². The number of pyridine rings is 1. The van der Waals surface area contributed by atoms with Gasteiger partial charge in [-0.2, -0.15) is 4.57 Å². The minimum absolute atomic E-state index is 0.0530. The van der Waals surface area contributed by atoms with Crippen LogP contribution in [0.1, 0.15) is 116 Å². The van der Waals surface area contributed by atoms with Crippen molar-refractivity contribution in [3.8, 4) is 78.6 Å². The van der Waals surface area contributed by atoms with Crippen LogP contribution in [0.25, 0.3) is 83.9 Å². The third-order valence-electron chi connectivity index (χ3n) is 17.3. The molecule has 1 unspecified atom stereocenters. The number of benzene rings is 7. The molecule has 348 valence electrons. The highest BCUT2D eigenvalue weighted by Gasteiger charge is 2.68. The van der Waals surface area contributed by atoms with E-state index in [1.807, 2.05) is 0 Å². The number of ether oxygens (including phenoxy) is 1. The molecule has 0 amide bonds. The number of aryl methyl sites for hydroxylation is 1. The second kappa shape index (κ2) is 15.7. The van der Waals surface area contributed by atoms with Crippen LogP contribution in [0.3, 0.4) is 0 Å². The Kier molecular flexibility index (Phi) is 9.93. The second-order valence-corrected chi connectivity index (χ2v) is 21.9. The summed E-state index contributed by atoms with van der Waals surface area (Å²) in [5.74, 6) is 0.940. The maximum absolute atomic E-state index is 7.75. The number of hydrogen-bond acceptors (Lipinski definition) is 1. The Hall–Kier alpha value is -7.04. The van der Waals surface area contributed by atoms with Gasteiger partial charge in [0, 0.05) is 23.3 Å². The molecule has 4 heteroatoms. The Balaban J connectivity index is 1.14. The molecule has 0 aliphatic carbocycles. The van der Waals surface area contributed by atoms with Crippen molar-refractivity contribution in [1.82, 2.24) is 4.57 Å². The summed E-state index contributed by atoms with van der Waals surface area (Å²) in [4.78, 5) is 0. The molecule has 5 heterocycles. The molecule has 12 rings (SSSR count). The van der Waals surface area contributed by atoms with Gasteiger partial charge in [-0.1, -0.05) is 159 Å². The Morgan fingerprint density at radius 1 is 0.529 bits per heavy atom. The first kappa shape index (κ1) is 44.2. The van der Waals surface area contributed by atoms with Crippen molar-refractivity contribution in [2.45, 2.75) is 117 Å². The molecule has 0 radical (unpaired) electrons. The molecule has 3 aliphatic rings. The second-order valence-electron chi connectivity index (χ2n) is 21.9. The van der Waals surface area contributed by atoms with Crippen molar-refractivity contribution < 1.29 is 13.9 Å². The fourth-order valence-corrected chi connectivity index (χ4v) is 12.4. The van der Waals surface area contributed by atoms with Crippen molar-refractivity contribution in [2.75, 3.05) is 0 Å². The Morgan fingerprint density at radius 2 is 1.14 bits per heavy atom. The van der Waals surface area contributed by atoms with Crippen LogP contribution >= 0.6 is 0 Å². The summed E-state index contributed by atoms with van der Waals surface area (Å²) in [6.07, 6.45) is 6.62. The van der Waals surface area contributed by atoms with E-state index >= 15 is 0 Å². The monoisotopic (exact) mass is 916 g/mol. The van der Waals surface area contributed by atoms with Gasteiger partial charge in [0.2, 0.25) is 5.69 Å². The van der Waals surface area contributed by atoms with Gasteiger partial charge < -0.3 is 4.74 Å². The zero-order valence-corrected chi connectivity index (χ0v) is 42.7. The Morgan fingerprint density at radius 3 is 1.81 bits per heavy atom. The normalized spacial score (nSPS) is 15.4. The molecule has 70 heavy (non-hydrogen) atoms. The van der Waals surface area contributed by atoms with Gasteiger partial charge in [-0.3, -0.25) is 0 Å². The van der Waals surface area contributed by atoms with E-state index in [2.05, 4.69) is 247 Å². The topological polar surface area (TPSA) is 21.9 Å². The van der Waals surface area contributed by atoms with Crippen molar-refractivity contribution in [1.29, 1.82) is 0 Å². The minimum atomic E-state index is -1.04. The zero-order valence-electron chi connectivity index (χ0n) is 42.7. The molecule has 0 saturated carbocycles. The van der Waals surface area contributed by atoms with Crippen LogP contribution in [-0.2, 0) is 22.1 Å². The highest BCUT2D eigenvalue weighted by Crippen LogP contribution is 2.55. The van der Waals surface area contributed by atoms with E-state index < -0.39 is 5.85 Å². The molecule has 0 bridgehead atoms. The highest BCUT2D eigenvalue weighted by molar-refractivity contribution is 5.99. The van der Waals surface area contributed by atoms with Crippen molar-refractivity contribution in [2.24, 2.45) is 0 Å². The lowest BCUT2D eigenvalue weighted by molar-refractivity contribution is -0.997. The molecular weight excluding hydrogens is 851 g/mol. The highest BCUT2D eigenvalue weighted by atomic mass is 16.5. The van der Waals surface area contributed by atoms with E-state index in [9.17, 15) is 0 Å². The van der Waals surface area contributed by atoms with Gasteiger partial charge in [0.15, 0.2) is 17.2 Å². The molecule has 3 aliphatic heterocycles. The summed E-state index contributed by atoms with van der Waals surface area (Å²) >= 11 is 0. The van der Waals surface area contributed by atoms with E-state index in [-0.39, 0.29) is 16.2 Å². The number of fused-ring (bicyclic) bond motifs is 5. The summed E-state index contributed by atoms with van der Waals surface area (Å²) in [5.41, 5.74) is 23.6. The van der Waals surface area contributed by atoms with E-state index in [0.29, 0.717) is 0 Å². The first-order valence-corrected chi connectivity index (χ1v) is 25.8. The molecule has 1 spiro atoms. The van der Waals surface area contributed by atoms with E-state index in [0.717, 1.165) is 59.5 Å². The quantitative estimate of drug-likeness (QED) is 0.125. The molecule has 7 aromatic carbocycles. The van der Waals surface area contributed by atoms with Crippen LogP contribution in [0.2, 0.25) is 0 Å². The lowest BCUT2D eigenvalue weighted by Crippen LogP contribution is -2.78. The van der Waals surface area contributed by atoms with Crippen molar-refractivity contribution in [3.63, 3.8) is 0 Å². The van der Waals surface area contributed by atoms with E-state index in [1.165, 1.54) is 83.6 Å². The standard InChI is InChI=1S/C66H65N3O/c1-11-64(9,12-2)53-26-21-27-54(65(10,13-3)14-4)59(53)46-32-35-55(42(5)38-46)68-56-28-20-25-49-51-39-47(43-22-16-15-17-23-43)40-52-57-41-45(44-30-33-48(34-31-44)63(6,7)8)36-37-67(57)66(60(51)52)69(61(49)56)62(68)50-24-18-19-29-58(50)70-66/h15-41H,11-14H2,1-10H3/q+2. The van der Waals surface area contributed by atoms with E-state index in [1.54, 1.807) is 0 Å². The molecular formula is C66H65N3O+2. The van der Waals surface area contributed by atoms with Gasteiger partial charge >= 0.3 is 11.7 Å². The molecule has 0 fully saturated rings. The first-order valence-electron chi connectivity index (χ1n) is 25.8. The largest absolute Gasteiger partial charge is 0.499 e. The third kappa shape index (κ3) is 6.14. The molecule has 4 nitrogen and oxygen atoms in total. The molecule has 1 atom stereocenters. The van der Waals surface area contributed by atoms with Crippen LogP contribution in [0.15, 0.2) is 164 Å². The first-order chi connectivity index (χ1) is 33.8. The van der Waals surface area contributed by atoms with Gasteiger partial charge in [0.25, 0.3) is 0 Å². The number of imidazole rings is 1. The molecule has 9 aromatic rings. The summed E-state index contributed by atoms with van der Waals surface area (Å²) < 4.78 is 15.3. The maximum Gasteiger partial charge on any atom is 0.499 e. The average Bonchev–Trinajstić information content (AvgIpc) is 3.88. The van der Waals surface area contributed by atoms with Gasteiger partial charge in [0.05, 0.1) is 5.56 Å². The fourth-order valence-electron chi connectivity index (χ4n) is 12.4. The van der Waals surface area contributed by atoms with Crippen molar-refractivity contribution in [3.05, 3.63) is 192 Å². The fraction of sp³-hybridized carbons (Fsp3) is 0.273. The number of para-hydroxylation sites is 2. The maximum atomic E-state index is 7.75. The summed E-state index contributed by atoms with van der Waals surface area (Å²) in [6, 6.07) is 59.6. The number of hydrogen-bond donors (Lipinski definition) is 0. The predicted octanol–water partition coefficient (Wildman–Crippen LogP) is 16.2. The Labute approximate surface area is 414 Å². The Bertz CT molecular complexity index is 3540. The van der Waals surface area contributed by atoms with Gasteiger partial charge in [0.1, 0.15) is 22.6 Å². The van der Waals surface area contributed by atoms with Crippen LogP contribution in [0, 0.1) is 6.92 Å². The van der Waals surface area contributed by atoms with Crippen LogP contribution in [0.4, 0.5) is 0 Å². The van der Waals surface area contributed by atoms with Crippen LogP contribution in [-0.4, -0.2) is 4.57 Å². The van der Waals surface area contributed by atoms with E-state index in [4.69, 9.17) is 4.74 Å².